The zero-order valence-electron chi connectivity index (χ0n) is 13.9. The largest absolute Gasteiger partial charge is 0.379 e. The summed E-state index contributed by atoms with van der Waals surface area (Å²) < 4.78 is 12.6. The number of hydrogen-bond acceptors (Lipinski definition) is 5. The number of anilines is 1. The molecule has 0 aliphatic rings. The Kier molecular flexibility index (Phi) is 7.42. The summed E-state index contributed by atoms with van der Waals surface area (Å²) >= 11 is 3.31. The van der Waals surface area contributed by atoms with Crippen molar-refractivity contribution in [3.8, 4) is 0 Å². The topological polar surface area (TPSA) is 65.4 Å². The molecule has 0 aliphatic heterocycles. The fraction of sp³-hybridized carbons (Fsp3) is 0.412. The summed E-state index contributed by atoms with van der Waals surface area (Å²) in [4.78, 5) is 11.8. The lowest BCUT2D eigenvalue weighted by Gasteiger charge is -2.10. The number of aromatic nitrogens is 2. The third kappa shape index (κ3) is 5.43. The summed E-state index contributed by atoms with van der Waals surface area (Å²) in [5, 5.41) is 7.24. The fourth-order valence-electron chi connectivity index (χ4n) is 2.11. The highest BCUT2D eigenvalue weighted by Gasteiger charge is 2.06. The van der Waals surface area contributed by atoms with Crippen LogP contribution in [0, 0.1) is 0 Å². The maximum absolute atomic E-state index is 11.8. The summed E-state index contributed by atoms with van der Waals surface area (Å²) in [6, 6.07) is 8.13. The highest BCUT2D eigenvalue weighted by molar-refractivity contribution is 9.10. The molecule has 0 bridgehead atoms. The minimum atomic E-state index is -0.170. The van der Waals surface area contributed by atoms with Crippen LogP contribution in [0.3, 0.4) is 0 Å². The number of ether oxygens (including phenoxy) is 2. The third-order valence-corrected chi connectivity index (χ3v) is 4.16. The van der Waals surface area contributed by atoms with E-state index in [-0.39, 0.29) is 5.56 Å². The van der Waals surface area contributed by atoms with E-state index in [2.05, 4.69) is 32.4 Å². The van der Waals surface area contributed by atoms with Gasteiger partial charge in [0.1, 0.15) is 4.47 Å². The smallest absolute Gasteiger partial charge is 0.282 e. The first-order valence-corrected chi connectivity index (χ1v) is 8.60. The lowest BCUT2D eigenvalue weighted by molar-refractivity contribution is 0.0453. The SMILES string of the molecule is CCOCCOCc1cccc(CNc2cnn(C)c(=O)c2Br)c1. The van der Waals surface area contributed by atoms with Gasteiger partial charge < -0.3 is 14.8 Å². The second-order valence-corrected chi connectivity index (χ2v) is 6.02. The van der Waals surface area contributed by atoms with Crippen molar-refractivity contribution in [1.82, 2.24) is 9.78 Å². The lowest BCUT2D eigenvalue weighted by Crippen LogP contribution is -2.21. The van der Waals surface area contributed by atoms with E-state index in [1.165, 1.54) is 4.68 Å². The van der Waals surface area contributed by atoms with Gasteiger partial charge in [-0.15, -0.1) is 0 Å². The van der Waals surface area contributed by atoms with Gasteiger partial charge in [-0.2, -0.15) is 5.10 Å². The van der Waals surface area contributed by atoms with Crippen LogP contribution < -0.4 is 10.9 Å². The van der Waals surface area contributed by atoms with Crippen LogP contribution in [0.5, 0.6) is 0 Å². The van der Waals surface area contributed by atoms with Gasteiger partial charge in [-0.1, -0.05) is 24.3 Å². The van der Waals surface area contributed by atoms with Crippen LogP contribution in [-0.2, 0) is 29.7 Å². The Labute approximate surface area is 149 Å². The fourth-order valence-corrected chi connectivity index (χ4v) is 2.61. The van der Waals surface area contributed by atoms with Crippen molar-refractivity contribution in [2.45, 2.75) is 20.1 Å². The molecule has 0 atom stereocenters. The van der Waals surface area contributed by atoms with E-state index in [1.54, 1.807) is 13.2 Å². The van der Waals surface area contributed by atoms with Gasteiger partial charge in [0.25, 0.3) is 5.56 Å². The first-order chi connectivity index (χ1) is 11.6. The molecule has 1 aromatic heterocycles. The van der Waals surface area contributed by atoms with Crippen molar-refractivity contribution in [3.63, 3.8) is 0 Å². The van der Waals surface area contributed by atoms with Crippen LogP contribution in [-0.4, -0.2) is 29.6 Å². The normalized spacial score (nSPS) is 10.8. The van der Waals surface area contributed by atoms with Gasteiger partial charge in [-0.05, 0) is 34.0 Å². The first-order valence-electron chi connectivity index (χ1n) is 7.80. The Morgan fingerprint density at radius 3 is 2.79 bits per heavy atom. The molecule has 0 spiro atoms. The van der Waals surface area contributed by atoms with Gasteiger partial charge >= 0.3 is 0 Å². The van der Waals surface area contributed by atoms with E-state index in [1.807, 2.05) is 25.1 Å². The molecule has 2 aromatic rings. The molecule has 0 amide bonds. The first kappa shape index (κ1) is 18.6. The number of hydrogen-bond donors (Lipinski definition) is 1. The van der Waals surface area contributed by atoms with E-state index >= 15 is 0 Å². The molecule has 0 saturated carbocycles. The number of benzene rings is 1. The molecule has 0 saturated heterocycles. The standard InChI is InChI=1S/C17H22BrN3O3/c1-3-23-7-8-24-12-14-6-4-5-13(9-14)10-19-15-11-20-21(2)17(22)16(15)18/h4-6,9,11,19H,3,7-8,10,12H2,1-2H3. The van der Waals surface area contributed by atoms with Gasteiger partial charge in [0.15, 0.2) is 0 Å². The number of nitrogens with zero attached hydrogens (tertiary/aromatic N) is 2. The summed E-state index contributed by atoms with van der Waals surface area (Å²) in [6.07, 6.45) is 1.63. The predicted octanol–water partition coefficient (Wildman–Crippen LogP) is 2.71. The maximum atomic E-state index is 11.8. The summed E-state index contributed by atoms with van der Waals surface area (Å²) in [5.74, 6) is 0. The van der Waals surface area contributed by atoms with Crippen molar-refractivity contribution < 1.29 is 9.47 Å². The van der Waals surface area contributed by atoms with Crippen LogP contribution in [0.2, 0.25) is 0 Å². The molecule has 0 fully saturated rings. The van der Waals surface area contributed by atoms with Gasteiger partial charge in [0, 0.05) is 20.2 Å². The van der Waals surface area contributed by atoms with Gasteiger partial charge in [-0.3, -0.25) is 4.79 Å². The molecule has 0 aliphatic carbocycles. The van der Waals surface area contributed by atoms with Crippen molar-refractivity contribution in [3.05, 3.63) is 56.4 Å². The maximum Gasteiger partial charge on any atom is 0.282 e. The molecule has 6 nitrogen and oxygen atoms in total. The van der Waals surface area contributed by atoms with E-state index in [0.717, 1.165) is 11.1 Å². The second-order valence-electron chi connectivity index (χ2n) is 5.22. The monoisotopic (exact) mass is 395 g/mol. The summed E-state index contributed by atoms with van der Waals surface area (Å²) in [7, 11) is 1.62. The molecule has 24 heavy (non-hydrogen) atoms. The van der Waals surface area contributed by atoms with Crippen LogP contribution >= 0.6 is 15.9 Å². The average Bonchev–Trinajstić information content (AvgIpc) is 2.59. The van der Waals surface area contributed by atoms with Gasteiger partial charge in [-0.25, -0.2) is 4.68 Å². The van der Waals surface area contributed by atoms with Crippen LogP contribution in [0.1, 0.15) is 18.1 Å². The number of aryl methyl sites for hydroxylation is 1. The van der Waals surface area contributed by atoms with E-state index in [0.29, 0.717) is 43.1 Å². The minimum absolute atomic E-state index is 0.170. The third-order valence-electron chi connectivity index (χ3n) is 3.40. The zero-order valence-corrected chi connectivity index (χ0v) is 15.5. The van der Waals surface area contributed by atoms with Crippen molar-refractivity contribution >= 4 is 21.6 Å². The van der Waals surface area contributed by atoms with Crippen LogP contribution in [0.4, 0.5) is 5.69 Å². The Morgan fingerprint density at radius 1 is 1.25 bits per heavy atom. The highest BCUT2D eigenvalue weighted by Crippen LogP contribution is 2.17. The Bertz CT molecular complexity index is 718. The molecule has 1 aromatic carbocycles. The minimum Gasteiger partial charge on any atom is -0.379 e. The van der Waals surface area contributed by atoms with Gasteiger partial charge in [0.05, 0.1) is 31.7 Å². The predicted molar refractivity (Wildman–Crippen MR) is 97.1 cm³/mol. The lowest BCUT2D eigenvalue weighted by atomic mass is 10.1. The molecule has 1 N–H and O–H groups in total. The number of halogens is 1. The average molecular weight is 396 g/mol. The molecule has 0 unspecified atom stereocenters. The quantitative estimate of drug-likeness (QED) is 0.661. The zero-order chi connectivity index (χ0) is 17.4. The van der Waals surface area contributed by atoms with Crippen LogP contribution in [0.15, 0.2) is 39.7 Å². The van der Waals surface area contributed by atoms with Gasteiger partial charge in [0.2, 0.25) is 0 Å². The Morgan fingerprint density at radius 2 is 2.00 bits per heavy atom. The van der Waals surface area contributed by atoms with E-state index < -0.39 is 0 Å². The molecule has 2 rings (SSSR count). The number of nitrogens with one attached hydrogen (secondary N) is 1. The van der Waals surface area contributed by atoms with Crippen molar-refractivity contribution in [2.24, 2.45) is 7.05 Å². The Hall–Kier alpha value is -1.70. The molecule has 130 valence electrons. The van der Waals surface area contributed by atoms with Crippen molar-refractivity contribution in [1.29, 1.82) is 0 Å². The molecule has 7 heteroatoms. The Balaban J connectivity index is 1.90. The van der Waals surface area contributed by atoms with E-state index in [4.69, 9.17) is 9.47 Å². The molecular weight excluding hydrogens is 374 g/mol. The molecule has 1 heterocycles. The summed E-state index contributed by atoms with van der Waals surface area (Å²) in [6.45, 7) is 5.02. The second kappa shape index (κ2) is 9.56. The van der Waals surface area contributed by atoms with E-state index in [9.17, 15) is 4.79 Å². The molecular formula is C17H22BrN3O3. The summed E-state index contributed by atoms with van der Waals surface area (Å²) in [5.41, 5.74) is 2.72. The highest BCUT2D eigenvalue weighted by atomic mass is 79.9. The molecule has 0 radical (unpaired) electrons. The number of rotatable bonds is 9. The van der Waals surface area contributed by atoms with Crippen molar-refractivity contribution in [2.75, 3.05) is 25.1 Å². The van der Waals surface area contributed by atoms with Crippen LogP contribution in [0.25, 0.3) is 0 Å².